The summed E-state index contributed by atoms with van der Waals surface area (Å²) in [4.78, 5) is 12.2. The topological polar surface area (TPSA) is 43.1 Å². The Bertz CT molecular complexity index is 587. The molecule has 2 aromatic rings. The molecular weight excluding hydrogens is 198 g/mol. The number of hydrogen-bond donors (Lipinski definition) is 1. The zero-order valence-corrected chi connectivity index (χ0v) is 8.73. The van der Waals surface area contributed by atoms with Crippen molar-refractivity contribution in [3.05, 3.63) is 64.7 Å². The van der Waals surface area contributed by atoms with Gasteiger partial charge in [-0.15, -0.1) is 0 Å². The second kappa shape index (κ2) is 3.20. The first-order valence-electron chi connectivity index (χ1n) is 5.27. The molecule has 78 valence electrons. The van der Waals surface area contributed by atoms with Crippen LogP contribution in [0.1, 0.15) is 27.0 Å². The van der Waals surface area contributed by atoms with E-state index >= 15 is 0 Å². The van der Waals surface area contributed by atoms with Gasteiger partial charge in [0.05, 0.1) is 0 Å². The van der Waals surface area contributed by atoms with Crippen molar-refractivity contribution in [2.75, 3.05) is 5.73 Å². The summed E-state index contributed by atoms with van der Waals surface area (Å²) in [5, 5.41) is 0. The Labute approximate surface area is 93.7 Å². The number of carbonyl (C=O) groups excluding carboxylic acids is 1. The van der Waals surface area contributed by atoms with E-state index in [9.17, 15) is 4.79 Å². The third-order valence-electron chi connectivity index (χ3n) is 3.02. The molecular formula is C14H11NO. The molecule has 1 aliphatic rings. The molecule has 0 fully saturated rings. The maximum absolute atomic E-state index is 12.2. The number of fused-ring (bicyclic) bond motifs is 2. The van der Waals surface area contributed by atoms with Crippen LogP contribution in [0.3, 0.4) is 0 Å². The van der Waals surface area contributed by atoms with E-state index in [0.29, 0.717) is 5.69 Å². The number of carbonyl (C=O) groups is 1. The molecule has 2 N–H and O–H groups in total. The van der Waals surface area contributed by atoms with Crippen LogP contribution in [-0.2, 0) is 6.42 Å². The van der Waals surface area contributed by atoms with Gasteiger partial charge in [0.15, 0.2) is 5.78 Å². The van der Waals surface area contributed by atoms with Gasteiger partial charge in [0.25, 0.3) is 0 Å². The highest BCUT2D eigenvalue weighted by Crippen LogP contribution is 2.28. The van der Waals surface area contributed by atoms with E-state index in [0.717, 1.165) is 28.7 Å². The third-order valence-corrected chi connectivity index (χ3v) is 3.02. The molecule has 0 atom stereocenters. The number of benzene rings is 2. The molecule has 2 aromatic carbocycles. The highest BCUT2D eigenvalue weighted by Gasteiger charge is 2.22. The number of anilines is 1. The summed E-state index contributed by atoms with van der Waals surface area (Å²) in [6.07, 6.45) is 0.817. The summed E-state index contributed by atoms with van der Waals surface area (Å²) in [7, 11) is 0. The van der Waals surface area contributed by atoms with E-state index in [-0.39, 0.29) is 5.78 Å². The van der Waals surface area contributed by atoms with Crippen molar-refractivity contribution in [3.8, 4) is 0 Å². The molecule has 1 aliphatic carbocycles. The molecule has 2 nitrogen and oxygen atoms in total. The van der Waals surface area contributed by atoms with Crippen LogP contribution < -0.4 is 5.73 Å². The quantitative estimate of drug-likeness (QED) is 0.578. The van der Waals surface area contributed by atoms with Gasteiger partial charge < -0.3 is 5.73 Å². The van der Waals surface area contributed by atoms with Gasteiger partial charge in [0.2, 0.25) is 0 Å². The number of hydrogen-bond acceptors (Lipinski definition) is 2. The third kappa shape index (κ3) is 1.23. The largest absolute Gasteiger partial charge is 0.399 e. The lowest BCUT2D eigenvalue weighted by atomic mass is 9.85. The van der Waals surface area contributed by atoms with Crippen molar-refractivity contribution in [1.82, 2.24) is 0 Å². The van der Waals surface area contributed by atoms with Crippen LogP contribution in [0.15, 0.2) is 42.5 Å². The van der Waals surface area contributed by atoms with Gasteiger partial charge in [-0.05, 0) is 29.7 Å². The van der Waals surface area contributed by atoms with Crippen LogP contribution in [-0.4, -0.2) is 5.78 Å². The average Bonchev–Trinajstić information content (AvgIpc) is 2.31. The predicted octanol–water partition coefficient (Wildman–Crippen LogP) is 2.40. The maximum atomic E-state index is 12.2. The summed E-state index contributed by atoms with van der Waals surface area (Å²) < 4.78 is 0. The molecule has 0 aliphatic heterocycles. The molecule has 0 radical (unpaired) electrons. The lowest BCUT2D eigenvalue weighted by molar-refractivity contribution is 0.103. The van der Waals surface area contributed by atoms with E-state index in [1.165, 1.54) is 0 Å². The minimum absolute atomic E-state index is 0.0872. The predicted molar refractivity (Wildman–Crippen MR) is 63.5 cm³/mol. The highest BCUT2D eigenvalue weighted by atomic mass is 16.1. The molecule has 16 heavy (non-hydrogen) atoms. The molecule has 0 unspecified atom stereocenters. The molecule has 2 heteroatoms. The van der Waals surface area contributed by atoms with E-state index < -0.39 is 0 Å². The van der Waals surface area contributed by atoms with Crippen LogP contribution >= 0.6 is 0 Å². The summed E-state index contributed by atoms with van der Waals surface area (Å²) in [6.45, 7) is 0. The fourth-order valence-corrected chi connectivity index (χ4v) is 2.21. The van der Waals surface area contributed by atoms with Crippen LogP contribution in [0.2, 0.25) is 0 Å². The van der Waals surface area contributed by atoms with Crippen molar-refractivity contribution >= 4 is 11.5 Å². The first-order valence-corrected chi connectivity index (χ1v) is 5.27. The molecule has 0 saturated carbocycles. The second-order valence-electron chi connectivity index (χ2n) is 4.08. The average molecular weight is 209 g/mol. The van der Waals surface area contributed by atoms with Crippen molar-refractivity contribution in [2.45, 2.75) is 6.42 Å². The second-order valence-corrected chi connectivity index (χ2v) is 4.08. The molecule has 0 heterocycles. The van der Waals surface area contributed by atoms with E-state index in [1.54, 1.807) is 6.07 Å². The minimum atomic E-state index is 0.0872. The van der Waals surface area contributed by atoms with Gasteiger partial charge in [-0.1, -0.05) is 30.3 Å². The summed E-state index contributed by atoms with van der Waals surface area (Å²) in [6, 6.07) is 13.3. The van der Waals surface area contributed by atoms with Crippen molar-refractivity contribution in [2.24, 2.45) is 0 Å². The van der Waals surface area contributed by atoms with Crippen LogP contribution in [0.25, 0.3) is 0 Å². The van der Waals surface area contributed by atoms with E-state index in [1.807, 2.05) is 36.4 Å². The van der Waals surface area contributed by atoms with Gasteiger partial charge in [0.1, 0.15) is 0 Å². The number of nitrogen functional groups attached to an aromatic ring is 1. The molecule has 3 rings (SSSR count). The standard InChI is InChI=1S/C14H11NO/c15-11-6-5-10-7-9-3-1-2-4-12(9)14(16)13(10)8-11/h1-6,8H,7,15H2. The molecule has 0 bridgehead atoms. The van der Waals surface area contributed by atoms with Gasteiger partial charge in [-0.2, -0.15) is 0 Å². The smallest absolute Gasteiger partial charge is 0.193 e. The molecule has 0 saturated heterocycles. The molecule has 0 aromatic heterocycles. The van der Waals surface area contributed by atoms with Crippen molar-refractivity contribution < 1.29 is 4.79 Å². The fraction of sp³-hybridized carbons (Fsp3) is 0.0714. The first kappa shape index (κ1) is 9.16. The van der Waals surface area contributed by atoms with Gasteiger partial charge >= 0.3 is 0 Å². The zero-order chi connectivity index (χ0) is 11.1. The highest BCUT2D eigenvalue weighted by molar-refractivity contribution is 6.12. The number of ketones is 1. The minimum Gasteiger partial charge on any atom is -0.399 e. The van der Waals surface area contributed by atoms with Crippen LogP contribution in [0.5, 0.6) is 0 Å². The van der Waals surface area contributed by atoms with Crippen LogP contribution in [0, 0.1) is 0 Å². The maximum Gasteiger partial charge on any atom is 0.193 e. The fourth-order valence-electron chi connectivity index (χ4n) is 2.21. The lowest BCUT2D eigenvalue weighted by Gasteiger charge is -2.18. The summed E-state index contributed by atoms with van der Waals surface area (Å²) in [5.41, 5.74) is 10.1. The Morgan fingerprint density at radius 1 is 0.938 bits per heavy atom. The van der Waals surface area contributed by atoms with Gasteiger partial charge in [-0.3, -0.25) is 4.79 Å². The Morgan fingerprint density at radius 2 is 1.69 bits per heavy atom. The number of nitrogens with two attached hydrogens (primary N) is 1. The van der Waals surface area contributed by atoms with Gasteiger partial charge in [-0.25, -0.2) is 0 Å². The van der Waals surface area contributed by atoms with E-state index in [4.69, 9.17) is 5.73 Å². The summed E-state index contributed by atoms with van der Waals surface area (Å²) in [5.74, 6) is 0.0872. The van der Waals surface area contributed by atoms with Crippen LogP contribution in [0.4, 0.5) is 5.69 Å². The van der Waals surface area contributed by atoms with Gasteiger partial charge in [0, 0.05) is 16.8 Å². The Balaban J connectivity index is 2.23. The van der Waals surface area contributed by atoms with Crippen molar-refractivity contribution in [1.29, 1.82) is 0 Å². The SMILES string of the molecule is Nc1ccc2c(c1)C(=O)c1ccccc1C2. The summed E-state index contributed by atoms with van der Waals surface area (Å²) >= 11 is 0. The lowest BCUT2D eigenvalue weighted by Crippen LogP contribution is -2.15. The number of rotatable bonds is 0. The zero-order valence-electron chi connectivity index (χ0n) is 8.73. The normalized spacial score (nSPS) is 13.1. The first-order chi connectivity index (χ1) is 7.75. The molecule has 0 spiro atoms. The van der Waals surface area contributed by atoms with Crippen molar-refractivity contribution in [3.63, 3.8) is 0 Å². The van der Waals surface area contributed by atoms with E-state index in [2.05, 4.69) is 0 Å². The molecule has 0 amide bonds. The Morgan fingerprint density at radius 3 is 2.56 bits per heavy atom. The Hall–Kier alpha value is -2.09. The monoisotopic (exact) mass is 209 g/mol. The Kier molecular flexibility index (Phi) is 1.83.